The maximum Gasteiger partial charge on any atom is 0.332 e. The smallest absolute Gasteiger partial charge is 0.332 e. The number of fused-ring (bicyclic) bond motifs is 2. The van der Waals surface area contributed by atoms with Crippen LogP contribution in [0.4, 0.5) is 0 Å². The number of carbonyl (C=O) groups excluding carboxylic acids is 2. The molecule has 10 unspecified atom stereocenters. The van der Waals surface area contributed by atoms with Crippen molar-refractivity contribution in [1.29, 1.82) is 0 Å². The van der Waals surface area contributed by atoms with Crippen molar-refractivity contribution in [3.63, 3.8) is 0 Å². The van der Waals surface area contributed by atoms with E-state index in [4.69, 9.17) is 55.9 Å². The van der Waals surface area contributed by atoms with Gasteiger partial charge in [-0.05, 0) is 111 Å². The topological polar surface area (TPSA) is 59.1 Å². The summed E-state index contributed by atoms with van der Waals surface area (Å²) in [6.45, 7) is 1.51. The lowest BCUT2D eigenvalue weighted by molar-refractivity contribution is -0.228. The van der Waals surface area contributed by atoms with Crippen LogP contribution < -0.4 is 0 Å². The van der Waals surface area contributed by atoms with Crippen LogP contribution in [0.2, 0.25) is 20.1 Å². The van der Waals surface area contributed by atoms with Crippen molar-refractivity contribution in [1.82, 2.24) is 9.80 Å². The molecule has 9 aliphatic rings. The van der Waals surface area contributed by atoms with Gasteiger partial charge in [-0.25, -0.2) is 9.59 Å². The van der Waals surface area contributed by atoms with Crippen LogP contribution in [0.15, 0.2) is 48.6 Å². The number of ether oxygens (including phenoxy) is 2. The third kappa shape index (κ3) is 3.81. The predicted octanol–water partition coefficient (Wildman–Crippen LogP) is 7.22. The molecule has 0 N–H and O–H groups in total. The molecule has 0 aromatic heterocycles. The van der Waals surface area contributed by atoms with Crippen molar-refractivity contribution in [2.24, 2.45) is 47.3 Å². The minimum atomic E-state index is -0.523. The molecule has 10 heteroatoms. The van der Waals surface area contributed by atoms with Gasteiger partial charge in [-0.15, -0.1) is 0 Å². The quantitative estimate of drug-likeness (QED) is 0.309. The Morgan fingerprint density at radius 1 is 0.630 bits per heavy atom. The first kappa shape index (κ1) is 30.3. The summed E-state index contributed by atoms with van der Waals surface area (Å²) >= 11 is 26.5. The van der Waals surface area contributed by atoms with Crippen molar-refractivity contribution >= 4 is 58.3 Å². The first-order valence-corrected chi connectivity index (χ1v) is 18.0. The van der Waals surface area contributed by atoms with E-state index in [2.05, 4.69) is 48.2 Å². The summed E-state index contributed by atoms with van der Waals surface area (Å²) in [6.07, 6.45) is 6.03. The molecule has 2 aromatic carbocycles. The van der Waals surface area contributed by atoms with Crippen molar-refractivity contribution in [2.75, 3.05) is 27.2 Å². The predicted molar refractivity (Wildman–Crippen MR) is 177 cm³/mol. The second-order valence-corrected chi connectivity index (χ2v) is 16.7. The second kappa shape index (κ2) is 10.4. The Morgan fingerprint density at radius 3 is 1.48 bits per heavy atom. The van der Waals surface area contributed by atoms with Crippen molar-refractivity contribution in [2.45, 2.75) is 49.0 Å². The third-order valence-corrected chi connectivity index (χ3v) is 15.1. The van der Waals surface area contributed by atoms with Crippen molar-refractivity contribution < 1.29 is 19.1 Å². The summed E-state index contributed by atoms with van der Waals surface area (Å²) in [5.41, 5.74) is 1.83. The summed E-state index contributed by atoms with van der Waals surface area (Å²) in [6, 6.07) is 12.3. The third-order valence-electron chi connectivity index (χ3n) is 13.7. The zero-order valence-corrected chi connectivity index (χ0v) is 28.7. The van der Waals surface area contributed by atoms with Gasteiger partial charge in [-0.2, -0.15) is 0 Å². The van der Waals surface area contributed by atoms with Crippen LogP contribution in [-0.4, -0.2) is 61.4 Å². The van der Waals surface area contributed by atoms with Crippen LogP contribution in [0.5, 0.6) is 0 Å². The second-order valence-electron chi connectivity index (χ2n) is 15.1. The van der Waals surface area contributed by atoms with Crippen LogP contribution in [0.25, 0.3) is 0 Å². The highest BCUT2D eigenvalue weighted by Gasteiger charge is 2.77. The molecule has 2 aromatic rings. The molecule has 6 nitrogen and oxygen atoms in total. The normalized spacial score (nSPS) is 44.8. The summed E-state index contributed by atoms with van der Waals surface area (Å²) in [7, 11) is 4.14. The standard InChI is InChI=1S/C36H36Cl4N2O4/c1-41-15-35(17-3-9-23(37)25(39)13-17)21-7-5-19-29-20-6-8-22(30(21)29)36(18-4-10-24(38)26(40)14-18)16-42(2)34(32(20)36)46-28(44)12-11-27(43)45-33(41)31(19)35/h3-4,9-14,19-22,29-34H,5-8,15-16H2,1-2H3/b12-11-. The van der Waals surface area contributed by atoms with E-state index in [1.54, 1.807) is 0 Å². The SMILES string of the molecule is CN1CC2(c3ccc(Cl)c(Cl)c3)C3CCC4C5C6CCC(C53)C3(c5ccc(Cl)c(Cl)c5)CN(C)C(OC(=O)/C=C\C(=O)OC1C42)C63. The number of esters is 2. The number of halogens is 4. The Kier molecular flexibility index (Phi) is 6.81. The van der Waals surface area contributed by atoms with Crippen LogP contribution >= 0.6 is 46.4 Å². The number of rotatable bonds is 2. The number of benzene rings is 2. The molecule has 0 spiro atoms. The van der Waals surface area contributed by atoms with E-state index in [9.17, 15) is 9.59 Å². The Hall–Kier alpha value is -1.80. The average Bonchev–Trinajstić information content (AvgIpc) is 3.52. The van der Waals surface area contributed by atoms with Gasteiger partial charge in [-0.1, -0.05) is 58.5 Å². The zero-order valence-electron chi connectivity index (χ0n) is 25.7. The molecule has 0 radical (unpaired) electrons. The fourth-order valence-electron chi connectivity index (χ4n) is 12.8. The molecule has 3 aliphatic heterocycles. The van der Waals surface area contributed by atoms with Gasteiger partial charge in [0.2, 0.25) is 0 Å². The first-order chi connectivity index (χ1) is 22.1. The number of hydrogen-bond acceptors (Lipinski definition) is 6. The first-order valence-electron chi connectivity index (χ1n) is 16.5. The Bertz CT molecular complexity index is 1580. The molecule has 7 bridgehead atoms. The van der Waals surface area contributed by atoms with E-state index < -0.39 is 24.4 Å². The van der Waals surface area contributed by atoms with Gasteiger partial charge in [0.05, 0.1) is 20.1 Å². The van der Waals surface area contributed by atoms with Crippen LogP contribution in [-0.2, 0) is 29.9 Å². The van der Waals surface area contributed by atoms with Gasteiger partial charge < -0.3 is 9.47 Å². The van der Waals surface area contributed by atoms with Gasteiger partial charge in [-0.3, -0.25) is 9.80 Å². The van der Waals surface area contributed by atoms with E-state index in [1.807, 2.05) is 12.1 Å². The summed E-state index contributed by atoms with van der Waals surface area (Å²) < 4.78 is 12.6. The maximum absolute atomic E-state index is 13.3. The van der Waals surface area contributed by atoms with Crippen LogP contribution in [0.1, 0.15) is 36.8 Å². The Labute approximate surface area is 289 Å². The molecule has 46 heavy (non-hydrogen) atoms. The molecule has 10 atom stereocenters. The molecule has 2 saturated heterocycles. The summed E-state index contributed by atoms with van der Waals surface area (Å²) in [5.74, 6) is 1.33. The van der Waals surface area contributed by atoms with Crippen molar-refractivity contribution in [3.8, 4) is 0 Å². The van der Waals surface area contributed by atoms with Gasteiger partial charge in [0.15, 0.2) is 12.5 Å². The van der Waals surface area contributed by atoms with Crippen LogP contribution in [0.3, 0.4) is 0 Å². The fourth-order valence-corrected chi connectivity index (χ4v) is 13.4. The lowest BCUT2D eigenvalue weighted by Gasteiger charge is -2.72. The molecule has 6 aliphatic carbocycles. The Balaban J connectivity index is 1.31. The molecular formula is C36H36Cl4N2O4. The fraction of sp³-hybridized carbons (Fsp3) is 0.556. The Morgan fingerprint density at radius 2 is 1.07 bits per heavy atom. The molecule has 0 amide bonds. The summed E-state index contributed by atoms with van der Waals surface area (Å²) in [4.78, 5) is 31.1. The average molecular weight is 703 g/mol. The van der Waals surface area contributed by atoms with Crippen LogP contribution in [0, 0.1) is 47.3 Å². The molecule has 3 heterocycles. The van der Waals surface area contributed by atoms with Gasteiger partial charge in [0.1, 0.15) is 0 Å². The highest BCUT2D eigenvalue weighted by molar-refractivity contribution is 6.42. The lowest BCUT2D eigenvalue weighted by atomic mass is 9.31. The molecule has 11 rings (SSSR count). The number of likely N-dealkylation sites (N-methyl/N-ethyl adjacent to an activating group) is 2. The number of hydrogen-bond donors (Lipinski definition) is 0. The minimum Gasteiger partial charge on any atom is -0.443 e. The zero-order chi connectivity index (χ0) is 31.9. The van der Waals surface area contributed by atoms with E-state index in [0.29, 0.717) is 55.6 Å². The molecular weight excluding hydrogens is 666 g/mol. The number of carbonyl (C=O) groups is 2. The molecule has 8 fully saturated rings. The van der Waals surface area contributed by atoms with Gasteiger partial charge in [0.25, 0.3) is 0 Å². The lowest BCUT2D eigenvalue weighted by Crippen LogP contribution is -2.71. The van der Waals surface area contributed by atoms with Gasteiger partial charge >= 0.3 is 11.9 Å². The van der Waals surface area contributed by atoms with E-state index in [0.717, 1.165) is 38.8 Å². The highest BCUT2D eigenvalue weighted by atomic mass is 35.5. The highest BCUT2D eigenvalue weighted by Crippen LogP contribution is 2.77. The number of likely N-dealkylation sites (tertiary alicyclic amines) is 2. The minimum absolute atomic E-state index is 0.0841. The monoisotopic (exact) mass is 700 g/mol. The van der Waals surface area contributed by atoms with Crippen molar-refractivity contribution in [3.05, 3.63) is 79.8 Å². The maximum atomic E-state index is 13.3. The number of nitrogens with zero attached hydrogens (tertiary/aromatic N) is 2. The van der Waals surface area contributed by atoms with E-state index >= 15 is 0 Å². The largest absolute Gasteiger partial charge is 0.443 e. The summed E-state index contributed by atoms with van der Waals surface area (Å²) in [5, 5.41) is 2.18. The van der Waals surface area contributed by atoms with E-state index in [-0.39, 0.29) is 22.7 Å². The van der Waals surface area contributed by atoms with Gasteiger partial charge in [0, 0.05) is 47.9 Å². The molecule has 242 valence electrons. The van der Waals surface area contributed by atoms with E-state index in [1.165, 1.54) is 23.3 Å². The molecule has 6 saturated carbocycles.